The fourth-order valence-corrected chi connectivity index (χ4v) is 3.93. The van der Waals surface area contributed by atoms with Crippen molar-refractivity contribution < 1.29 is 0 Å². The molecule has 0 aliphatic rings. The first-order valence-electron chi connectivity index (χ1n) is 5.16. The molecule has 0 aliphatic carbocycles. The second-order valence-electron chi connectivity index (χ2n) is 3.75. The van der Waals surface area contributed by atoms with Crippen LogP contribution in [-0.2, 0) is 0 Å². The van der Waals surface area contributed by atoms with Gasteiger partial charge in [-0.3, -0.25) is 0 Å². The van der Waals surface area contributed by atoms with E-state index in [1.807, 2.05) is 24.4 Å². The predicted octanol–water partition coefficient (Wildman–Crippen LogP) is 3.78. The Labute approximate surface area is 120 Å². The molecule has 3 aromatic rings. The molecule has 3 rings (SSSR count). The Bertz CT molecular complexity index is 719. The summed E-state index contributed by atoms with van der Waals surface area (Å²) in [6.07, 6.45) is 0. The van der Waals surface area contributed by atoms with E-state index in [0.717, 1.165) is 19.6 Å². The molecule has 0 aromatic carbocycles. The van der Waals surface area contributed by atoms with Crippen LogP contribution in [0.25, 0.3) is 20.9 Å². The zero-order chi connectivity index (χ0) is 12.7. The summed E-state index contributed by atoms with van der Waals surface area (Å²) in [5, 5.41) is 2.98. The number of thiophene rings is 2. The van der Waals surface area contributed by atoms with Gasteiger partial charge in [0.1, 0.15) is 4.83 Å². The van der Waals surface area contributed by atoms with Crippen molar-refractivity contribution in [1.82, 2.24) is 9.97 Å². The van der Waals surface area contributed by atoms with Gasteiger partial charge in [-0.25, -0.2) is 15.8 Å². The number of aryl methyl sites for hydroxylation is 1. The third kappa shape index (κ3) is 2.03. The molecule has 0 radical (unpaired) electrons. The van der Waals surface area contributed by atoms with Crippen LogP contribution in [0, 0.1) is 6.92 Å². The van der Waals surface area contributed by atoms with Crippen LogP contribution in [0.4, 0.5) is 5.82 Å². The minimum Gasteiger partial charge on any atom is -0.308 e. The molecule has 0 saturated carbocycles. The molecule has 3 heterocycles. The van der Waals surface area contributed by atoms with Gasteiger partial charge < -0.3 is 5.43 Å². The summed E-state index contributed by atoms with van der Waals surface area (Å²) >= 11 is 6.68. The molecule has 0 fully saturated rings. The van der Waals surface area contributed by atoms with Gasteiger partial charge in [0.05, 0.1) is 10.3 Å². The molecule has 0 bridgehead atoms. The van der Waals surface area contributed by atoms with Crippen molar-refractivity contribution in [2.24, 2.45) is 5.84 Å². The van der Waals surface area contributed by atoms with Crippen LogP contribution in [0.15, 0.2) is 22.0 Å². The monoisotopic (exact) mass is 340 g/mol. The summed E-state index contributed by atoms with van der Waals surface area (Å²) in [6, 6.07) is 4.05. The highest BCUT2D eigenvalue weighted by molar-refractivity contribution is 9.10. The minimum absolute atomic E-state index is 0.670. The van der Waals surface area contributed by atoms with Gasteiger partial charge >= 0.3 is 0 Å². The maximum Gasteiger partial charge on any atom is 0.173 e. The minimum atomic E-state index is 0.670. The molecule has 0 spiro atoms. The lowest BCUT2D eigenvalue weighted by Crippen LogP contribution is -2.09. The van der Waals surface area contributed by atoms with Gasteiger partial charge in [0.2, 0.25) is 0 Å². The van der Waals surface area contributed by atoms with Crippen LogP contribution in [0.2, 0.25) is 0 Å². The fourth-order valence-electron chi connectivity index (χ4n) is 1.69. The van der Waals surface area contributed by atoms with E-state index >= 15 is 0 Å². The number of nitrogens with one attached hydrogen (secondary N) is 1. The molecule has 3 N–H and O–H groups in total. The van der Waals surface area contributed by atoms with Gasteiger partial charge in [-0.05, 0) is 35.0 Å². The lowest BCUT2D eigenvalue weighted by atomic mass is 10.3. The first-order valence-corrected chi connectivity index (χ1v) is 7.65. The summed E-state index contributed by atoms with van der Waals surface area (Å²) in [6.45, 7) is 2.05. The van der Waals surface area contributed by atoms with Crippen LogP contribution in [0.5, 0.6) is 0 Å². The van der Waals surface area contributed by atoms with Crippen LogP contribution < -0.4 is 11.3 Å². The van der Waals surface area contributed by atoms with Crippen molar-refractivity contribution in [2.45, 2.75) is 6.92 Å². The van der Waals surface area contributed by atoms with E-state index in [4.69, 9.17) is 5.84 Å². The zero-order valence-corrected chi connectivity index (χ0v) is 12.6. The number of hydrogen-bond acceptors (Lipinski definition) is 6. The number of aromatic nitrogens is 2. The Hall–Kier alpha value is -1.02. The average molecular weight is 341 g/mol. The second kappa shape index (κ2) is 4.58. The lowest BCUT2D eigenvalue weighted by Gasteiger charge is -2.03. The molecule has 0 unspecified atom stereocenters. The lowest BCUT2D eigenvalue weighted by molar-refractivity contribution is 1.20. The summed E-state index contributed by atoms with van der Waals surface area (Å²) in [4.78, 5) is 12.2. The number of hydrogen-bond donors (Lipinski definition) is 2. The van der Waals surface area contributed by atoms with Crippen LogP contribution in [0.3, 0.4) is 0 Å². The molecule has 0 atom stereocenters. The summed E-state index contributed by atoms with van der Waals surface area (Å²) in [5.74, 6) is 6.91. The third-order valence-electron chi connectivity index (χ3n) is 2.44. The fraction of sp³-hybridized carbons (Fsp3) is 0.0909. The molecule has 3 aromatic heterocycles. The van der Waals surface area contributed by atoms with Crippen molar-refractivity contribution in [3.8, 4) is 10.7 Å². The van der Waals surface area contributed by atoms with Crippen molar-refractivity contribution in [3.05, 3.63) is 26.9 Å². The van der Waals surface area contributed by atoms with E-state index in [2.05, 4.69) is 31.3 Å². The molecule has 0 saturated heterocycles. The van der Waals surface area contributed by atoms with Gasteiger partial charge in [-0.1, -0.05) is 0 Å². The molecule has 4 nitrogen and oxygen atoms in total. The van der Waals surface area contributed by atoms with Gasteiger partial charge in [0, 0.05) is 14.7 Å². The van der Waals surface area contributed by atoms with E-state index in [1.54, 1.807) is 22.7 Å². The molecule has 0 aliphatic heterocycles. The molecule has 7 heteroatoms. The molecule has 0 amide bonds. The van der Waals surface area contributed by atoms with E-state index in [1.165, 1.54) is 4.88 Å². The number of nitrogens with zero attached hydrogens (tertiary/aromatic N) is 2. The second-order valence-corrected chi connectivity index (χ2v) is 6.81. The van der Waals surface area contributed by atoms with Gasteiger partial charge in [-0.2, -0.15) is 0 Å². The van der Waals surface area contributed by atoms with Crippen molar-refractivity contribution >= 4 is 54.6 Å². The predicted molar refractivity (Wildman–Crippen MR) is 81.0 cm³/mol. The Kier molecular flexibility index (Phi) is 3.06. The maximum absolute atomic E-state index is 5.54. The van der Waals surface area contributed by atoms with E-state index < -0.39 is 0 Å². The van der Waals surface area contributed by atoms with E-state index in [0.29, 0.717) is 11.6 Å². The Morgan fingerprint density at radius 1 is 1.33 bits per heavy atom. The zero-order valence-electron chi connectivity index (χ0n) is 9.40. The first kappa shape index (κ1) is 12.0. The Balaban J connectivity index is 2.24. The SMILES string of the molecule is Cc1cc2c(NN)nc(-c3cc(Br)cs3)nc2s1. The van der Waals surface area contributed by atoms with Crippen molar-refractivity contribution in [1.29, 1.82) is 0 Å². The number of anilines is 1. The van der Waals surface area contributed by atoms with Crippen molar-refractivity contribution in [3.63, 3.8) is 0 Å². The number of rotatable bonds is 2. The number of nitrogens with two attached hydrogens (primary N) is 1. The highest BCUT2D eigenvalue weighted by Gasteiger charge is 2.12. The molecular formula is C11H9BrN4S2. The standard InChI is InChI=1S/C11H9BrN4S2/c1-5-2-7-9(16-13)14-10(15-11(7)18-5)8-3-6(12)4-17-8/h2-4H,13H2,1H3,(H,14,15,16). The van der Waals surface area contributed by atoms with Crippen LogP contribution >= 0.6 is 38.6 Å². The van der Waals surface area contributed by atoms with E-state index in [-0.39, 0.29) is 0 Å². The largest absolute Gasteiger partial charge is 0.308 e. The smallest absolute Gasteiger partial charge is 0.173 e. The molecule has 92 valence electrons. The molecular weight excluding hydrogens is 332 g/mol. The average Bonchev–Trinajstić information content (AvgIpc) is 2.92. The number of halogens is 1. The highest BCUT2D eigenvalue weighted by Crippen LogP contribution is 2.33. The summed E-state index contributed by atoms with van der Waals surface area (Å²) < 4.78 is 1.04. The van der Waals surface area contributed by atoms with Crippen LogP contribution in [-0.4, -0.2) is 9.97 Å². The first-order chi connectivity index (χ1) is 8.67. The number of hydrazine groups is 1. The summed E-state index contributed by atoms with van der Waals surface area (Å²) in [5.41, 5.74) is 2.65. The van der Waals surface area contributed by atoms with E-state index in [9.17, 15) is 0 Å². The van der Waals surface area contributed by atoms with Gasteiger partial charge in [0.25, 0.3) is 0 Å². The van der Waals surface area contributed by atoms with Gasteiger partial charge in [0.15, 0.2) is 11.6 Å². The summed E-state index contributed by atoms with van der Waals surface area (Å²) in [7, 11) is 0. The number of nitrogen functional groups attached to an aromatic ring is 1. The maximum atomic E-state index is 5.54. The van der Waals surface area contributed by atoms with Crippen molar-refractivity contribution in [2.75, 3.05) is 5.43 Å². The topological polar surface area (TPSA) is 63.8 Å². The highest BCUT2D eigenvalue weighted by atomic mass is 79.9. The Morgan fingerprint density at radius 3 is 2.83 bits per heavy atom. The Morgan fingerprint density at radius 2 is 2.17 bits per heavy atom. The van der Waals surface area contributed by atoms with Gasteiger partial charge in [-0.15, -0.1) is 22.7 Å². The normalized spacial score (nSPS) is 11.1. The third-order valence-corrected chi connectivity index (χ3v) is 5.07. The van der Waals surface area contributed by atoms with Crippen LogP contribution in [0.1, 0.15) is 4.88 Å². The quantitative estimate of drug-likeness (QED) is 0.550. The number of fused-ring (bicyclic) bond motifs is 1. The molecule has 18 heavy (non-hydrogen) atoms.